The number of aromatic nitrogens is 4. The van der Waals surface area contributed by atoms with E-state index in [0.717, 1.165) is 11.3 Å². The van der Waals surface area contributed by atoms with E-state index in [1.54, 1.807) is 22.7 Å². The largest absolute Gasteiger partial charge is 0.462 e. The molecule has 35 heavy (non-hydrogen) atoms. The fourth-order valence-electron chi connectivity index (χ4n) is 3.87. The van der Waals surface area contributed by atoms with E-state index in [9.17, 15) is 15.0 Å². The van der Waals surface area contributed by atoms with Crippen LogP contribution in [0.2, 0.25) is 0 Å². The number of fused-ring (bicyclic) bond motifs is 1. The number of benzene rings is 1. The number of carbonyl (C=O) groups is 1. The summed E-state index contributed by atoms with van der Waals surface area (Å²) in [6, 6.07) is 9.19. The van der Waals surface area contributed by atoms with Gasteiger partial charge in [0, 0.05) is 6.54 Å². The van der Waals surface area contributed by atoms with Crippen LogP contribution in [0.5, 0.6) is 0 Å². The molecular formula is C23H30N6O5S. The SMILES string of the molecule is CSCC[C@H](N)C(=O)OC[C@H]1O[C@@H](Cn2cnc3c(NCc4ccccc4)ncnc32)[C@H](O)[C@@H]1O. The predicted molar refractivity (Wildman–Crippen MR) is 132 cm³/mol. The Morgan fingerprint density at radius 2 is 2.00 bits per heavy atom. The number of hydrogen-bond acceptors (Lipinski definition) is 11. The summed E-state index contributed by atoms with van der Waals surface area (Å²) in [4.78, 5) is 25.1. The van der Waals surface area contributed by atoms with Crippen molar-refractivity contribution in [3.8, 4) is 0 Å². The van der Waals surface area contributed by atoms with Crippen molar-refractivity contribution in [1.82, 2.24) is 19.5 Å². The third kappa shape index (κ3) is 6.08. The molecule has 5 N–H and O–H groups in total. The van der Waals surface area contributed by atoms with Crippen LogP contribution in [0.25, 0.3) is 11.2 Å². The number of imidazole rings is 1. The maximum atomic E-state index is 12.1. The van der Waals surface area contributed by atoms with Gasteiger partial charge >= 0.3 is 5.97 Å². The standard InChI is InChI=1S/C23H30N6O5S/c1-35-8-7-15(24)23(32)33-11-17-20(31)19(30)16(34-17)10-29-13-28-18-21(26-12-27-22(18)29)25-9-14-5-3-2-4-6-14/h2-6,12-13,15-17,19-20,30-31H,7-11,24H2,1H3,(H,25,26,27)/t15-,16-,17+,19-,20+/m0/s1. The number of aliphatic hydroxyl groups is 2. The molecule has 0 aliphatic carbocycles. The first-order chi connectivity index (χ1) is 17.0. The maximum Gasteiger partial charge on any atom is 0.323 e. The van der Waals surface area contributed by atoms with E-state index in [1.165, 1.54) is 6.33 Å². The molecular weight excluding hydrogens is 472 g/mol. The molecule has 1 aliphatic rings. The molecule has 1 fully saturated rings. The Morgan fingerprint density at radius 1 is 1.23 bits per heavy atom. The summed E-state index contributed by atoms with van der Waals surface area (Å²) in [5.41, 5.74) is 8.07. The van der Waals surface area contributed by atoms with Gasteiger partial charge in [-0.05, 0) is 24.0 Å². The van der Waals surface area contributed by atoms with E-state index in [4.69, 9.17) is 15.2 Å². The number of aliphatic hydroxyl groups excluding tert-OH is 2. The second-order valence-electron chi connectivity index (χ2n) is 8.34. The van der Waals surface area contributed by atoms with Crippen LogP contribution in [0.4, 0.5) is 5.82 Å². The average Bonchev–Trinajstić information content (AvgIpc) is 3.41. The van der Waals surface area contributed by atoms with Gasteiger partial charge in [-0.15, -0.1) is 0 Å². The van der Waals surface area contributed by atoms with E-state index in [1.807, 2.05) is 36.6 Å². The average molecular weight is 503 g/mol. The summed E-state index contributed by atoms with van der Waals surface area (Å²) in [7, 11) is 0. The van der Waals surface area contributed by atoms with Gasteiger partial charge in [0.25, 0.3) is 0 Å². The Morgan fingerprint density at radius 3 is 2.77 bits per heavy atom. The Labute approximate surface area is 207 Å². The van der Waals surface area contributed by atoms with Crippen LogP contribution in [0.1, 0.15) is 12.0 Å². The summed E-state index contributed by atoms with van der Waals surface area (Å²) < 4.78 is 12.8. The van der Waals surface area contributed by atoms with E-state index >= 15 is 0 Å². The molecule has 0 radical (unpaired) electrons. The lowest BCUT2D eigenvalue weighted by Crippen LogP contribution is -2.38. The van der Waals surface area contributed by atoms with E-state index < -0.39 is 36.4 Å². The smallest absolute Gasteiger partial charge is 0.323 e. The molecule has 1 aromatic carbocycles. The molecule has 0 unspecified atom stereocenters. The third-order valence-corrected chi connectivity index (χ3v) is 6.51. The number of thioether (sulfide) groups is 1. The Bertz CT molecular complexity index is 1120. The molecule has 2 aromatic heterocycles. The van der Waals surface area contributed by atoms with Crippen LogP contribution in [-0.4, -0.2) is 84.8 Å². The van der Waals surface area contributed by atoms with Crippen molar-refractivity contribution in [2.45, 2.75) is 50.0 Å². The van der Waals surface area contributed by atoms with Crippen molar-refractivity contribution in [3.63, 3.8) is 0 Å². The quantitative estimate of drug-likeness (QED) is 0.271. The minimum Gasteiger partial charge on any atom is -0.462 e. The summed E-state index contributed by atoms with van der Waals surface area (Å²) >= 11 is 1.59. The van der Waals surface area contributed by atoms with Crippen LogP contribution < -0.4 is 11.1 Å². The van der Waals surface area contributed by atoms with E-state index in [-0.39, 0.29) is 13.2 Å². The van der Waals surface area contributed by atoms with Crippen molar-refractivity contribution < 1.29 is 24.5 Å². The molecule has 11 nitrogen and oxygen atoms in total. The molecule has 0 saturated carbocycles. The highest BCUT2D eigenvalue weighted by Crippen LogP contribution is 2.25. The summed E-state index contributed by atoms with van der Waals surface area (Å²) in [6.45, 7) is 0.584. The van der Waals surface area contributed by atoms with Gasteiger partial charge in [-0.25, -0.2) is 15.0 Å². The number of anilines is 1. The number of nitrogens with zero attached hydrogens (tertiary/aromatic N) is 4. The zero-order valence-corrected chi connectivity index (χ0v) is 20.2. The highest BCUT2D eigenvalue weighted by molar-refractivity contribution is 7.98. The molecule has 188 valence electrons. The number of esters is 1. The fourth-order valence-corrected chi connectivity index (χ4v) is 4.36. The van der Waals surface area contributed by atoms with Gasteiger partial charge in [0.15, 0.2) is 11.5 Å². The van der Waals surface area contributed by atoms with Crippen molar-refractivity contribution in [2.24, 2.45) is 5.73 Å². The molecule has 1 saturated heterocycles. The van der Waals surface area contributed by atoms with Gasteiger partial charge in [0.2, 0.25) is 0 Å². The number of carbonyl (C=O) groups excluding carboxylic acids is 1. The van der Waals surface area contributed by atoms with Crippen molar-refractivity contribution in [1.29, 1.82) is 0 Å². The van der Waals surface area contributed by atoms with Crippen LogP contribution in [0, 0.1) is 0 Å². The normalized spacial score (nSPS) is 22.9. The van der Waals surface area contributed by atoms with Gasteiger partial charge in [-0.3, -0.25) is 4.79 Å². The fraction of sp³-hybridized carbons (Fsp3) is 0.478. The van der Waals surface area contributed by atoms with Gasteiger partial charge in [0.1, 0.15) is 48.9 Å². The minimum atomic E-state index is -1.21. The first kappa shape index (κ1) is 25.3. The van der Waals surface area contributed by atoms with E-state index in [0.29, 0.717) is 29.9 Å². The lowest BCUT2D eigenvalue weighted by molar-refractivity contribution is -0.150. The molecule has 0 amide bonds. The van der Waals surface area contributed by atoms with Crippen LogP contribution in [-0.2, 0) is 27.4 Å². The first-order valence-electron chi connectivity index (χ1n) is 11.3. The van der Waals surface area contributed by atoms with Crippen molar-refractivity contribution >= 4 is 34.7 Å². The summed E-state index contributed by atoms with van der Waals surface area (Å²) in [6.07, 6.45) is 1.48. The molecule has 0 spiro atoms. The lowest BCUT2D eigenvalue weighted by Gasteiger charge is -2.17. The van der Waals surface area contributed by atoms with Crippen LogP contribution in [0.3, 0.4) is 0 Å². The Hall–Kier alpha value is -2.77. The molecule has 0 bridgehead atoms. The minimum absolute atomic E-state index is 0.194. The number of nitrogens with one attached hydrogen (secondary N) is 1. The highest BCUT2D eigenvalue weighted by Gasteiger charge is 2.43. The Kier molecular flexibility index (Phi) is 8.52. The van der Waals surface area contributed by atoms with Gasteiger partial charge < -0.3 is 35.3 Å². The summed E-state index contributed by atoms with van der Waals surface area (Å²) in [5.74, 6) is 0.777. The Balaban J connectivity index is 1.37. The third-order valence-electron chi connectivity index (χ3n) is 5.87. The highest BCUT2D eigenvalue weighted by atomic mass is 32.2. The van der Waals surface area contributed by atoms with Crippen molar-refractivity contribution in [2.75, 3.05) is 23.9 Å². The van der Waals surface area contributed by atoms with Crippen LogP contribution in [0.15, 0.2) is 43.0 Å². The van der Waals surface area contributed by atoms with Gasteiger partial charge in [0.05, 0.1) is 12.9 Å². The summed E-state index contributed by atoms with van der Waals surface area (Å²) in [5, 5.41) is 24.2. The molecule has 3 aromatic rings. The zero-order valence-electron chi connectivity index (χ0n) is 19.4. The molecule has 12 heteroatoms. The second-order valence-corrected chi connectivity index (χ2v) is 9.33. The molecule has 4 rings (SSSR count). The molecule has 3 heterocycles. The molecule has 1 aliphatic heterocycles. The number of nitrogens with two attached hydrogens (primary N) is 1. The van der Waals surface area contributed by atoms with Gasteiger partial charge in [-0.1, -0.05) is 30.3 Å². The first-order valence-corrected chi connectivity index (χ1v) is 12.7. The number of hydrogen-bond donors (Lipinski definition) is 4. The van der Waals surface area contributed by atoms with E-state index in [2.05, 4.69) is 20.3 Å². The predicted octanol–water partition coefficient (Wildman–Crippen LogP) is 0.551. The lowest BCUT2D eigenvalue weighted by atomic mass is 10.1. The topological polar surface area (TPSA) is 158 Å². The van der Waals surface area contributed by atoms with Gasteiger partial charge in [-0.2, -0.15) is 11.8 Å². The monoisotopic (exact) mass is 502 g/mol. The van der Waals surface area contributed by atoms with Crippen molar-refractivity contribution in [3.05, 3.63) is 48.5 Å². The number of ether oxygens (including phenoxy) is 2. The maximum absolute atomic E-state index is 12.1. The zero-order chi connectivity index (χ0) is 24.8. The number of rotatable bonds is 11. The van der Waals surface area contributed by atoms with Crippen LogP contribution >= 0.6 is 11.8 Å². The second kappa shape index (κ2) is 11.8. The molecule has 5 atom stereocenters.